The molecular formula is C10H14ClFN2S. The van der Waals surface area contributed by atoms with Crippen LogP contribution in [0.4, 0.5) is 4.39 Å². The minimum atomic E-state index is -0.595. The molecule has 84 valence electrons. The van der Waals surface area contributed by atoms with Crippen LogP contribution in [0.3, 0.4) is 0 Å². The Morgan fingerprint density at radius 3 is 2.33 bits per heavy atom. The quantitative estimate of drug-likeness (QED) is 0.445. The topological polar surface area (TPSA) is 36.7 Å². The van der Waals surface area contributed by atoms with Crippen LogP contribution in [0.5, 0.6) is 0 Å². The lowest BCUT2D eigenvalue weighted by molar-refractivity contribution is 0.621. The molecule has 0 bridgehead atoms. The van der Waals surface area contributed by atoms with E-state index in [0.717, 1.165) is 12.3 Å². The van der Waals surface area contributed by atoms with E-state index >= 15 is 0 Å². The summed E-state index contributed by atoms with van der Waals surface area (Å²) in [6.07, 6.45) is 2.34. The zero-order valence-electron chi connectivity index (χ0n) is 8.88. The van der Waals surface area contributed by atoms with Crippen LogP contribution in [0.25, 0.3) is 0 Å². The van der Waals surface area contributed by atoms with Crippen molar-refractivity contribution >= 4 is 30.4 Å². The van der Waals surface area contributed by atoms with Crippen LogP contribution in [-0.4, -0.2) is 15.9 Å². The smallest absolute Gasteiger partial charge is 0.164 e. The average molecular weight is 249 g/mol. The Kier molecular flexibility index (Phi) is 5.83. The molecule has 1 heterocycles. The number of halogens is 2. The van der Waals surface area contributed by atoms with E-state index in [4.69, 9.17) is 17.0 Å². The van der Waals surface area contributed by atoms with Gasteiger partial charge in [-0.25, -0.2) is 9.37 Å². The molecule has 15 heavy (non-hydrogen) atoms. The third kappa shape index (κ3) is 8.39. The fourth-order valence-corrected chi connectivity index (χ4v) is 0.618. The molecule has 0 amide bonds. The monoisotopic (exact) mass is 248 g/mol. The first-order chi connectivity index (χ1) is 6.74. The molecule has 1 aromatic heterocycles. The molecule has 2 nitrogen and oxygen atoms in total. The second kappa shape index (κ2) is 6.08. The van der Waals surface area contributed by atoms with Crippen molar-refractivity contribution in [2.75, 3.05) is 0 Å². The molecule has 0 aliphatic rings. The van der Waals surface area contributed by atoms with Crippen molar-refractivity contribution in [1.29, 1.82) is 5.41 Å². The van der Waals surface area contributed by atoms with E-state index in [2.05, 4.69) is 38.4 Å². The molecule has 0 fully saturated rings. The second-order valence-corrected chi connectivity index (χ2v) is 5.56. The standard InChI is InChI=1S/C6H4ClFN2.C4H10S/c7-6-5(8)1-4(2-9)3-10-6;1-4(2,3)5/h1-3,9H;5H,1-3H3. The lowest BCUT2D eigenvalue weighted by Crippen LogP contribution is -1.99. The summed E-state index contributed by atoms with van der Waals surface area (Å²) in [5.74, 6) is -0.595. The zero-order valence-corrected chi connectivity index (χ0v) is 10.5. The number of thiol groups is 1. The average Bonchev–Trinajstić information content (AvgIpc) is 2.07. The second-order valence-electron chi connectivity index (χ2n) is 3.86. The Hall–Kier alpha value is -0.610. The molecule has 0 radical (unpaired) electrons. The van der Waals surface area contributed by atoms with Crippen LogP contribution in [-0.2, 0) is 0 Å². The summed E-state index contributed by atoms with van der Waals surface area (Å²) in [5.41, 5.74) is 0.405. The van der Waals surface area contributed by atoms with Gasteiger partial charge in [-0.05, 0) is 6.07 Å². The molecule has 0 saturated carbocycles. The normalized spacial score (nSPS) is 10.3. The first-order valence-electron chi connectivity index (χ1n) is 4.28. The summed E-state index contributed by atoms with van der Waals surface area (Å²) in [5, 5.41) is 6.57. The van der Waals surface area contributed by atoms with E-state index < -0.39 is 5.82 Å². The van der Waals surface area contributed by atoms with E-state index in [1.165, 1.54) is 6.20 Å². The van der Waals surface area contributed by atoms with Gasteiger partial charge in [0.2, 0.25) is 0 Å². The van der Waals surface area contributed by atoms with Gasteiger partial charge in [0.1, 0.15) is 0 Å². The highest BCUT2D eigenvalue weighted by atomic mass is 35.5. The number of rotatable bonds is 1. The summed E-state index contributed by atoms with van der Waals surface area (Å²) in [7, 11) is 0. The molecular weight excluding hydrogens is 235 g/mol. The lowest BCUT2D eigenvalue weighted by atomic mass is 10.3. The van der Waals surface area contributed by atoms with E-state index in [9.17, 15) is 4.39 Å². The van der Waals surface area contributed by atoms with Crippen LogP contribution >= 0.6 is 24.2 Å². The highest BCUT2D eigenvalue weighted by Gasteiger charge is 1.99. The van der Waals surface area contributed by atoms with Crippen LogP contribution < -0.4 is 0 Å². The summed E-state index contributed by atoms with van der Waals surface area (Å²) in [4.78, 5) is 3.49. The van der Waals surface area contributed by atoms with Crippen molar-refractivity contribution in [3.05, 3.63) is 28.8 Å². The summed E-state index contributed by atoms with van der Waals surface area (Å²) < 4.78 is 12.7. The largest absolute Gasteiger partial charge is 0.308 e. The van der Waals surface area contributed by atoms with Gasteiger partial charge in [0.25, 0.3) is 0 Å². The molecule has 0 unspecified atom stereocenters. The predicted octanol–water partition coefficient (Wildman–Crippen LogP) is 3.59. The third-order valence-electron chi connectivity index (χ3n) is 0.984. The minimum Gasteiger partial charge on any atom is -0.308 e. The Bertz CT molecular complexity index is 331. The van der Waals surface area contributed by atoms with Gasteiger partial charge in [-0.2, -0.15) is 12.6 Å². The van der Waals surface area contributed by atoms with Crippen molar-refractivity contribution in [3.63, 3.8) is 0 Å². The molecule has 5 heteroatoms. The summed E-state index contributed by atoms with van der Waals surface area (Å²) in [6.45, 7) is 6.16. The zero-order chi connectivity index (χ0) is 12.1. The van der Waals surface area contributed by atoms with Crippen LogP contribution in [0.1, 0.15) is 26.3 Å². The number of pyridine rings is 1. The predicted molar refractivity (Wildman–Crippen MR) is 65.8 cm³/mol. The minimum absolute atomic E-state index is 0.161. The molecule has 1 aromatic rings. The van der Waals surface area contributed by atoms with Crippen molar-refractivity contribution in [2.24, 2.45) is 0 Å². The van der Waals surface area contributed by atoms with Gasteiger partial charge in [0.15, 0.2) is 11.0 Å². The number of nitrogens with zero attached hydrogens (tertiary/aromatic N) is 1. The first kappa shape index (κ1) is 14.4. The third-order valence-corrected chi connectivity index (χ3v) is 1.26. The number of aromatic nitrogens is 1. The molecule has 0 saturated heterocycles. The highest BCUT2D eigenvalue weighted by molar-refractivity contribution is 7.81. The van der Waals surface area contributed by atoms with Gasteiger partial charge < -0.3 is 5.41 Å². The Morgan fingerprint density at radius 1 is 1.53 bits per heavy atom. The van der Waals surface area contributed by atoms with Gasteiger partial charge in [-0.1, -0.05) is 32.4 Å². The van der Waals surface area contributed by atoms with Gasteiger partial charge >= 0.3 is 0 Å². The summed E-state index contributed by atoms with van der Waals surface area (Å²) >= 11 is 9.40. The Morgan fingerprint density at radius 2 is 2.00 bits per heavy atom. The molecule has 0 aromatic carbocycles. The van der Waals surface area contributed by atoms with E-state index in [1.807, 2.05) is 0 Å². The Labute approximate surface area is 99.8 Å². The van der Waals surface area contributed by atoms with Crippen molar-refractivity contribution in [1.82, 2.24) is 4.98 Å². The molecule has 0 spiro atoms. The number of hydrogen-bond donors (Lipinski definition) is 2. The van der Waals surface area contributed by atoms with Gasteiger partial charge in [-0.15, -0.1) is 0 Å². The number of hydrogen-bond acceptors (Lipinski definition) is 3. The molecule has 0 atom stereocenters. The van der Waals surface area contributed by atoms with Crippen LogP contribution in [0, 0.1) is 11.2 Å². The van der Waals surface area contributed by atoms with Crippen molar-refractivity contribution < 1.29 is 4.39 Å². The van der Waals surface area contributed by atoms with Crippen LogP contribution in [0.2, 0.25) is 5.15 Å². The molecule has 1 rings (SSSR count). The SMILES string of the molecule is CC(C)(C)S.N=Cc1cnc(Cl)c(F)c1. The lowest BCUT2D eigenvalue weighted by Gasteiger charge is -2.04. The molecule has 0 aliphatic carbocycles. The maximum atomic E-state index is 12.5. The van der Waals surface area contributed by atoms with Gasteiger partial charge in [0, 0.05) is 22.7 Å². The summed E-state index contributed by atoms with van der Waals surface area (Å²) in [6, 6.07) is 1.16. The van der Waals surface area contributed by atoms with E-state index in [-0.39, 0.29) is 9.90 Å². The van der Waals surface area contributed by atoms with E-state index in [1.54, 1.807) is 0 Å². The Balaban J connectivity index is 0.000000336. The maximum absolute atomic E-state index is 12.5. The van der Waals surface area contributed by atoms with Gasteiger partial charge in [-0.3, -0.25) is 0 Å². The van der Waals surface area contributed by atoms with E-state index in [0.29, 0.717) is 5.56 Å². The number of nitrogens with one attached hydrogen (secondary N) is 1. The van der Waals surface area contributed by atoms with Crippen molar-refractivity contribution in [2.45, 2.75) is 25.5 Å². The fraction of sp³-hybridized carbons (Fsp3) is 0.400. The van der Waals surface area contributed by atoms with Crippen molar-refractivity contribution in [3.8, 4) is 0 Å². The fourth-order valence-electron chi connectivity index (χ4n) is 0.515. The molecule has 0 aliphatic heterocycles. The van der Waals surface area contributed by atoms with Crippen LogP contribution in [0.15, 0.2) is 12.3 Å². The molecule has 1 N–H and O–H groups in total. The van der Waals surface area contributed by atoms with Gasteiger partial charge in [0.05, 0.1) is 0 Å². The maximum Gasteiger partial charge on any atom is 0.164 e. The highest BCUT2D eigenvalue weighted by Crippen LogP contribution is 2.10. The first-order valence-corrected chi connectivity index (χ1v) is 5.10.